The zero-order valence-electron chi connectivity index (χ0n) is 23.0. The van der Waals surface area contributed by atoms with Gasteiger partial charge in [-0.15, -0.1) is 0 Å². The zero-order chi connectivity index (χ0) is 26.4. The van der Waals surface area contributed by atoms with Gasteiger partial charge in [0.05, 0.1) is 17.8 Å². The minimum Gasteiger partial charge on any atom is -0.392 e. The number of fused-ring (bicyclic) bond motifs is 5. The lowest BCUT2D eigenvalue weighted by Crippen LogP contribution is -2.59. The number of allylic oxidation sites excluding steroid dienone is 3. The number of carbonyl (C=O) groups excluding carboxylic acids is 1. The summed E-state index contributed by atoms with van der Waals surface area (Å²) in [5, 5.41) is 32.7. The minimum absolute atomic E-state index is 0.0750. The van der Waals surface area contributed by atoms with Crippen LogP contribution in [-0.2, 0) is 14.3 Å². The van der Waals surface area contributed by atoms with E-state index in [4.69, 9.17) is 9.47 Å². The molecule has 1 heterocycles. The highest BCUT2D eigenvalue weighted by atomic mass is 16.7. The summed E-state index contributed by atoms with van der Waals surface area (Å²) in [4.78, 5) is 12.8. The number of carbonyl (C=O) groups is 1. The fourth-order valence-electron chi connectivity index (χ4n) is 9.28. The molecule has 202 valence electrons. The molecule has 0 spiro atoms. The number of aliphatic hydroxyl groups is 3. The lowest BCUT2D eigenvalue weighted by Gasteiger charge is -2.61. The topological polar surface area (TPSA) is 96.2 Å². The molecule has 11 atom stereocenters. The van der Waals surface area contributed by atoms with Crippen molar-refractivity contribution in [3.63, 3.8) is 0 Å². The highest BCUT2D eigenvalue weighted by molar-refractivity contribution is 5.95. The Morgan fingerprint density at radius 1 is 1.17 bits per heavy atom. The quantitative estimate of drug-likeness (QED) is 0.503. The molecule has 6 nitrogen and oxygen atoms in total. The third-order valence-corrected chi connectivity index (χ3v) is 11.4. The molecule has 3 fully saturated rings. The predicted molar refractivity (Wildman–Crippen MR) is 137 cm³/mol. The van der Waals surface area contributed by atoms with Crippen molar-refractivity contribution >= 4 is 5.78 Å². The molecule has 0 aromatic rings. The van der Waals surface area contributed by atoms with Crippen LogP contribution in [0.25, 0.3) is 0 Å². The molecular weight excluding hydrogens is 456 g/mol. The Bertz CT molecular complexity index is 961. The second-order valence-corrected chi connectivity index (χ2v) is 14.0. The molecule has 36 heavy (non-hydrogen) atoms. The summed E-state index contributed by atoms with van der Waals surface area (Å²) in [7, 11) is 1.66. The molecule has 1 aliphatic heterocycles. The summed E-state index contributed by atoms with van der Waals surface area (Å²) in [6, 6.07) is 0. The van der Waals surface area contributed by atoms with Crippen LogP contribution < -0.4 is 0 Å². The number of rotatable bonds is 4. The average Bonchev–Trinajstić information content (AvgIpc) is 3.37. The zero-order valence-corrected chi connectivity index (χ0v) is 23.0. The van der Waals surface area contributed by atoms with Gasteiger partial charge in [0.25, 0.3) is 0 Å². The summed E-state index contributed by atoms with van der Waals surface area (Å²) < 4.78 is 11.9. The van der Waals surface area contributed by atoms with E-state index >= 15 is 0 Å². The third kappa shape index (κ3) is 3.65. The van der Waals surface area contributed by atoms with Gasteiger partial charge in [0.15, 0.2) is 12.1 Å². The monoisotopic (exact) mass is 502 g/mol. The van der Waals surface area contributed by atoms with Gasteiger partial charge in [-0.2, -0.15) is 0 Å². The Labute approximate surface area is 216 Å². The predicted octanol–water partition coefficient (Wildman–Crippen LogP) is 4.03. The normalized spacial score (nSPS) is 48.7. The van der Waals surface area contributed by atoms with Crippen molar-refractivity contribution < 1.29 is 29.6 Å². The van der Waals surface area contributed by atoms with E-state index in [-0.39, 0.29) is 40.3 Å². The molecule has 0 bridgehead atoms. The number of ether oxygens (including phenoxy) is 2. The Balaban J connectivity index is 1.43. The molecule has 0 aromatic heterocycles. The van der Waals surface area contributed by atoms with Crippen LogP contribution in [0.1, 0.15) is 73.6 Å². The molecule has 4 aliphatic carbocycles. The highest BCUT2D eigenvalue weighted by Gasteiger charge is 2.64. The van der Waals surface area contributed by atoms with Gasteiger partial charge < -0.3 is 24.8 Å². The summed E-state index contributed by atoms with van der Waals surface area (Å²) >= 11 is 0. The number of ketones is 1. The van der Waals surface area contributed by atoms with E-state index < -0.39 is 35.6 Å². The van der Waals surface area contributed by atoms with Crippen molar-refractivity contribution in [3.05, 3.63) is 23.8 Å². The van der Waals surface area contributed by atoms with Crippen LogP contribution in [0.5, 0.6) is 0 Å². The Morgan fingerprint density at radius 3 is 2.50 bits per heavy atom. The first-order valence-corrected chi connectivity index (χ1v) is 13.9. The van der Waals surface area contributed by atoms with Gasteiger partial charge in [0.1, 0.15) is 6.10 Å². The smallest absolute Gasteiger partial charge is 0.161 e. The van der Waals surface area contributed by atoms with E-state index in [0.29, 0.717) is 18.8 Å². The van der Waals surface area contributed by atoms with E-state index in [0.717, 1.165) is 19.3 Å². The number of methoxy groups -OCH3 is 1. The molecule has 0 unspecified atom stereocenters. The van der Waals surface area contributed by atoms with Gasteiger partial charge in [0, 0.05) is 24.4 Å². The summed E-state index contributed by atoms with van der Waals surface area (Å²) in [5.41, 5.74) is -0.532. The van der Waals surface area contributed by atoms with Crippen molar-refractivity contribution in [3.8, 4) is 0 Å². The van der Waals surface area contributed by atoms with E-state index in [2.05, 4.69) is 39.8 Å². The van der Waals surface area contributed by atoms with Gasteiger partial charge >= 0.3 is 0 Å². The fraction of sp³-hybridized carbons (Fsp3) is 0.833. The van der Waals surface area contributed by atoms with Crippen molar-refractivity contribution in [2.45, 2.75) is 104 Å². The van der Waals surface area contributed by atoms with Gasteiger partial charge in [-0.3, -0.25) is 4.79 Å². The lowest BCUT2D eigenvalue weighted by atomic mass is 9.43. The molecule has 0 amide bonds. The van der Waals surface area contributed by atoms with Crippen LogP contribution >= 0.6 is 0 Å². The van der Waals surface area contributed by atoms with Crippen LogP contribution in [0.2, 0.25) is 0 Å². The minimum atomic E-state index is -1.25. The van der Waals surface area contributed by atoms with E-state index in [1.54, 1.807) is 27.0 Å². The van der Waals surface area contributed by atoms with Crippen molar-refractivity contribution in [2.24, 2.45) is 45.8 Å². The molecule has 2 saturated carbocycles. The Hall–Kier alpha value is -1.05. The van der Waals surface area contributed by atoms with E-state index in [9.17, 15) is 20.1 Å². The van der Waals surface area contributed by atoms with Crippen LogP contribution in [0.15, 0.2) is 23.8 Å². The molecule has 5 aliphatic rings. The molecular formula is C30H46O6. The maximum atomic E-state index is 12.8. The first-order valence-electron chi connectivity index (χ1n) is 13.9. The van der Waals surface area contributed by atoms with Crippen molar-refractivity contribution in [1.29, 1.82) is 0 Å². The maximum Gasteiger partial charge on any atom is 0.161 e. The number of hydrogen-bond donors (Lipinski definition) is 3. The molecule has 6 heteroatoms. The van der Waals surface area contributed by atoms with Gasteiger partial charge in [0.2, 0.25) is 0 Å². The molecule has 0 radical (unpaired) electrons. The molecule has 5 rings (SSSR count). The second kappa shape index (κ2) is 8.47. The first-order chi connectivity index (χ1) is 16.7. The first kappa shape index (κ1) is 26.6. The summed E-state index contributed by atoms with van der Waals surface area (Å²) in [5.74, 6) is 1.08. The highest BCUT2D eigenvalue weighted by Crippen LogP contribution is 2.68. The Morgan fingerprint density at radius 2 is 1.86 bits per heavy atom. The summed E-state index contributed by atoms with van der Waals surface area (Å²) in [6.45, 7) is 12.0. The maximum absolute atomic E-state index is 12.8. The Kier molecular flexibility index (Phi) is 6.25. The van der Waals surface area contributed by atoms with E-state index in [1.807, 2.05) is 0 Å². The largest absolute Gasteiger partial charge is 0.392 e. The number of aliphatic hydroxyl groups excluding tert-OH is 2. The molecule has 1 saturated heterocycles. The van der Waals surface area contributed by atoms with Crippen molar-refractivity contribution in [1.82, 2.24) is 0 Å². The lowest BCUT2D eigenvalue weighted by molar-refractivity contribution is -0.183. The van der Waals surface area contributed by atoms with Crippen LogP contribution in [0.4, 0.5) is 0 Å². The van der Waals surface area contributed by atoms with E-state index in [1.165, 1.54) is 5.57 Å². The van der Waals surface area contributed by atoms with Crippen LogP contribution in [-0.4, -0.2) is 58.4 Å². The standard InChI is InChI=1S/C30H46O6/c1-27(2)22-15-20(31)24-18-9-8-17(16-14-21(36-26(16)35-7)25(33)28(3,4)34)29(18,5)12-10-19(24)30(22,6)13-11-23(27)32/h9,11,13,16-17,19-22,24-26,31,33-34H,8,10,12,14-15H2,1-7H3/t16-,17-,19-,20+,21+,22-,24-,25-,26+,29-,30+/m0/s1. The average molecular weight is 503 g/mol. The van der Waals surface area contributed by atoms with Crippen molar-refractivity contribution in [2.75, 3.05) is 7.11 Å². The van der Waals surface area contributed by atoms with Gasteiger partial charge in [-0.05, 0) is 80.6 Å². The van der Waals surface area contributed by atoms with Gasteiger partial charge in [-0.25, -0.2) is 0 Å². The summed E-state index contributed by atoms with van der Waals surface area (Å²) in [6.07, 6.45) is 8.22. The van der Waals surface area contributed by atoms with Gasteiger partial charge in [-0.1, -0.05) is 45.4 Å². The SMILES string of the molecule is CO[C@@H]1O[C@@H]([C@H](O)C(C)(C)O)C[C@H]1[C@@H]1CC=C2[C@@H]3[C@H](O)C[C@H]4C(C)(C)C(=O)C=C[C@]4(C)[C@H]3CC[C@]21C. The fourth-order valence-corrected chi connectivity index (χ4v) is 9.28. The molecule has 0 aromatic carbocycles. The van der Waals surface area contributed by atoms with Crippen LogP contribution in [0, 0.1) is 45.8 Å². The third-order valence-electron chi connectivity index (χ3n) is 11.4. The van der Waals surface area contributed by atoms with Crippen LogP contribution in [0.3, 0.4) is 0 Å². The number of hydrogen-bond acceptors (Lipinski definition) is 6. The second-order valence-electron chi connectivity index (χ2n) is 14.0. The molecule has 3 N–H and O–H groups in total.